The predicted molar refractivity (Wildman–Crippen MR) is 112 cm³/mol. The summed E-state index contributed by atoms with van der Waals surface area (Å²) in [6.07, 6.45) is 5.68. The van der Waals surface area contributed by atoms with Gasteiger partial charge in [0, 0.05) is 50.6 Å². The van der Waals surface area contributed by atoms with Crippen LogP contribution in [0.4, 0.5) is 8.78 Å². The average molecular weight is 458 g/mol. The lowest BCUT2D eigenvalue weighted by atomic mass is 10.0. The van der Waals surface area contributed by atoms with E-state index < -0.39 is 18.4 Å². The number of carbonyl (C=O) groups excluding carboxylic acids is 1. The maximum Gasteiger partial charge on any atom is 0.278 e. The number of alkyl halides is 2. The molecular formula is C22H18ClF2N5O2. The molecule has 3 aromatic rings. The van der Waals surface area contributed by atoms with Crippen LogP contribution in [0.15, 0.2) is 42.9 Å². The summed E-state index contributed by atoms with van der Waals surface area (Å²) in [5.41, 5.74) is 2.53. The van der Waals surface area contributed by atoms with E-state index in [1.54, 1.807) is 22.0 Å². The summed E-state index contributed by atoms with van der Waals surface area (Å²) in [4.78, 5) is 18.9. The van der Waals surface area contributed by atoms with Gasteiger partial charge in [0.2, 0.25) is 0 Å². The molecule has 0 radical (unpaired) electrons. The molecule has 0 N–H and O–H groups in total. The second-order valence-corrected chi connectivity index (χ2v) is 7.88. The average Bonchev–Trinajstić information content (AvgIpc) is 3.21. The number of hydrogen-bond donors (Lipinski definition) is 0. The van der Waals surface area contributed by atoms with Crippen molar-refractivity contribution in [3.63, 3.8) is 0 Å². The molecule has 0 aliphatic carbocycles. The molecule has 164 valence electrons. The van der Waals surface area contributed by atoms with Crippen molar-refractivity contribution >= 4 is 17.5 Å². The minimum Gasteiger partial charge on any atom is -0.486 e. The van der Waals surface area contributed by atoms with Crippen LogP contribution in [0.25, 0.3) is 5.69 Å². The van der Waals surface area contributed by atoms with Crippen molar-refractivity contribution in [3.8, 4) is 17.5 Å². The molecule has 32 heavy (non-hydrogen) atoms. The van der Waals surface area contributed by atoms with Crippen LogP contribution >= 0.6 is 11.6 Å². The summed E-state index contributed by atoms with van der Waals surface area (Å²) < 4.78 is 33.6. The molecule has 10 heteroatoms. The maximum atomic E-state index is 13.3. The van der Waals surface area contributed by atoms with E-state index in [2.05, 4.69) is 10.1 Å². The first kappa shape index (κ1) is 21.7. The normalized spacial score (nSPS) is 13.4. The number of hydrogen-bond acceptors (Lipinski definition) is 5. The van der Waals surface area contributed by atoms with E-state index in [-0.39, 0.29) is 28.4 Å². The SMILES string of the molecule is CC(F)(F)COc1ccc(C#N)c(Cl)c1C(=O)N1CCc2nn(-c3ccncc3)cc2C1. The molecule has 1 amide bonds. The highest BCUT2D eigenvalue weighted by molar-refractivity contribution is 6.35. The van der Waals surface area contributed by atoms with Gasteiger partial charge in [-0.05, 0) is 24.3 Å². The van der Waals surface area contributed by atoms with Gasteiger partial charge in [0.1, 0.15) is 17.4 Å². The van der Waals surface area contributed by atoms with Crippen LogP contribution < -0.4 is 4.74 Å². The van der Waals surface area contributed by atoms with Gasteiger partial charge in [0.05, 0.1) is 22.0 Å². The number of ether oxygens (including phenoxy) is 1. The Morgan fingerprint density at radius 2 is 2.06 bits per heavy atom. The highest BCUT2D eigenvalue weighted by Gasteiger charge is 2.30. The molecule has 0 spiro atoms. The first-order valence-corrected chi connectivity index (χ1v) is 10.1. The molecule has 4 rings (SSSR count). The largest absolute Gasteiger partial charge is 0.486 e. The second kappa shape index (κ2) is 8.55. The van der Waals surface area contributed by atoms with Crippen LogP contribution in [-0.2, 0) is 13.0 Å². The number of carbonyl (C=O) groups is 1. The summed E-state index contributed by atoms with van der Waals surface area (Å²) in [5, 5.41) is 13.8. The van der Waals surface area contributed by atoms with Crippen molar-refractivity contribution in [1.29, 1.82) is 5.26 Å². The Bertz CT molecular complexity index is 1200. The zero-order valence-corrected chi connectivity index (χ0v) is 17.8. The number of amides is 1. The Balaban J connectivity index is 1.63. The van der Waals surface area contributed by atoms with E-state index in [0.717, 1.165) is 16.9 Å². The smallest absolute Gasteiger partial charge is 0.278 e. The predicted octanol–water partition coefficient (Wildman–Crippen LogP) is 4.02. The quantitative estimate of drug-likeness (QED) is 0.577. The minimum absolute atomic E-state index is 0.0637. The molecule has 1 aromatic carbocycles. The molecular weight excluding hydrogens is 440 g/mol. The van der Waals surface area contributed by atoms with Crippen LogP contribution in [0.1, 0.15) is 34.1 Å². The number of fused-ring (bicyclic) bond motifs is 1. The molecule has 2 aromatic heterocycles. The molecule has 0 fully saturated rings. The van der Waals surface area contributed by atoms with E-state index in [1.165, 1.54) is 12.1 Å². The van der Waals surface area contributed by atoms with Crippen LogP contribution in [0.5, 0.6) is 5.75 Å². The lowest BCUT2D eigenvalue weighted by Crippen LogP contribution is -2.36. The van der Waals surface area contributed by atoms with E-state index in [9.17, 15) is 18.8 Å². The fraction of sp³-hybridized carbons (Fsp3) is 0.273. The molecule has 3 heterocycles. The van der Waals surface area contributed by atoms with Gasteiger partial charge in [-0.3, -0.25) is 9.78 Å². The second-order valence-electron chi connectivity index (χ2n) is 7.50. The Labute approximate surface area is 187 Å². The van der Waals surface area contributed by atoms with E-state index >= 15 is 0 Å². The van der Waals surface area contributed by atoms with Crippen molar-refractivity contribution < 1.29 is 18.3 Å². The molecule has 0 saturated carbocycles. The van der Waals surface area contributed by atoms with Crippen LogP contribution in [-0.4, -0.2) is 44.6 Å². The molecule has 1 aliphatic rings. The summed E-state index contributed by atoms with van der Waals surface area (Å²) in [6.45, 7) is 0.413. The summed E-state index contributed by atoms with van der Waals surface area (Å²) >= 11 is 6.30. The first-order valence-electron chi connectivity index (χ1n) is 9.77. The Morgan fingerprint density at radius 1 is 1.31 bits per heavy atom. The third-order valence-corrected chi connectivity index (χ3v) is 5.38. The van der Waals surface area contributed by atoms with Crippen molar-refractivity contribution in [1.82, 2.24) is 19.7 Å². The molecule has 0 atom stereocenters. The molecule has 1 aliphatic heterocycles. The fourth-order valence-corrected chi connectivity index (χ4v) is 3.72. The topological polar surface area (TPSA) is 84.0 Å². The zero-order chi connectivity index (χ0) is 22.9. The lowest BCUT2D eigenvalue weighted by Gasteiger charge is -2.27. The Kier molecular flexibility index (Phi) is 5.80. The molecule has 0 unspecified atom stereocenters. The highest BCUT2D eigenvalue weighted by Crippen LogP contribution is 2.33. The van der Waals surface area contributed by atoms with Gasteiger partial charge in [-0.2, -0.15) is 10.4 Å². The number of pyridine rings is 1. The monoisotopic (exact) mass is 457 g/mol. The maximum absolute atomic E-state index is 13.3. The number of rotatable bonds is 5. The van der Waals surface area contributed by atoms with Crippen LogP contribution in [0, 0.1) is 11.3 Å². The molecule has 7 nitrogen and oxygen atoms in total. The standard InChI is InChI=1S/C22H18ClF2N5O2/c1-22(24,25)13-32-18-3-2-14(10-26)20(23)19(18)21(31)29-9-6-17-15(11-29)12-30(28-17)16-4-7-27-8-5-16/h2-5,7-8,12H,6,9,11,13H2,1H3. The summed E-state index contributed by atoms with van der Waals surface area (Å²) in [6, 6.07) is 8.21. The van der Waals surface area contributed by atoms with Crippen LogP contribution in [0.2, 0.25) is 5.02 Å². The highest BCUT2D eigenvalue weighted by atomic mass is 35.5. The van der Waals surface area contributed by atoms with Gasteiger partial charge < -0.3 is 9.64 Å². The zero-order valence-electron chi connectivity index (χ0n) is 17.1. The number of nitriles is 1. The Hall–Kier alpha value is -3.51. The van der Waals surface area contributed by atoms with Crippen LogP contribution in [0.3, 0.4) is 0 Å². The number of benzene rings is 1. The fourth-order valence-electron chi connectivity index (χ4n) is 3.44. The first-order chi connectivity index (χ1) is 15.3. The van der Waals surface area contributed by atoms with Crippen molar-refractivity contribution in [2.24, 2.45) is 0 Å². The third-order valence-electron chi connectivity index (χ3n) is 4.99. The number of halogens is 3. The lowest BCUT2D eigenvalue weighted by molar-refractivity contribution is -0.0232. The molecule has 0 bridgehead atoms. The number of aromatic nitrogens is 3. The minimum atomic E-state index is -3.09. The van der Waals surface area contributed by atoms with Gasteiger partial charge >= 0.3 is 0 Å². The van der Waals surface area contributed by atoms with E-state index in [1.807, 2.05) is 24.4 Å². The molecule has 0 saturated heterocycles. The summed E-state index contributed by atoms with van der Waals surface area (Å²) in [5.74, 6) is -3.68. The van der Waals surface area contributed by atoms with Crippen molar-refractivity contribution in [3.05, 3.63) is 70.3 Å². The summed E-state index contributed by atoms with van der Waals surface area (Å²) in [7, 11) is 0. The number of nitrogens with zero attached hydrogens (tertiary/aromatic N) is 5. The third kappa shape index (κ3) is 4.41. The van der Waals surface area contributed by atoms with Gasteiger partial charge in [0.15, 0.2) is 6.61 Å². The Morgan fingerprint density at radius 3 is 2.75 bits per heavy atom. The van der Waals surface area contributed by atoms with E-state index in [0.29, 0.717) is 19.9 Å². The van der Waals surface area contributed by atoms with Gasteiger partial charge in [-0.1, -0.05) is 11.6 Å². The van der Waals surface area contributed by atoms with Crippen molar-refractivity contribution in [2.45, 2.75) is 25.8 Å². The van der Waals surface area contributed by atoms with Crippen molar-refractivity contribution in [2.75, 3.05) is 13.2 Å². The van der Waals surface area contributed by atoms with Gasteiger partial charge in [0.25, 0.3) is 11.8 Å². The van der Waals surface area contributed by atoms with E-state index in [4.69, 9.17) is 16.3 Å². The van der Waals surface area contributed by atoms with Gasteiger partial charge in [-0.25, -0.2) is 13.5 Å². The van der Waals surface area contributed by atoms with Gasteiger partial charge in [-0.15, -0.1) is 0 Å².